The SMILES string of the molecule is O=C(NCc1ccccc1CN1CCCC1)c1cc(NS(=O)(=O)c2ccccc2)ccc1Cl. The van der Waals surface area contributed by atoms with Crippen LogP contribution in [0.15, 0.2) is 77.7 Å². The van der Waals surface area contributed by atoms with Crippen LogP contribution in [0.25, 0.3) is 0 Å². The van der Waals surface area contributed by atoms with Crippen LogP contribution in [0.3, 0.4) is 0 Å². The van der Waals surface area contributed by atoms with Gasteiger partial charge in [0, 0.05) is 18.8 Å². The van der Waals surface area contributed by atoms with Gasteiger partial charge in [0.1, 0.15) is 0 Å². The van der Waals surface area contributed by atoms with Crippen LogP contribution in [-0.2, 0) is 23.1 Å². The molecule has 172 valence electrons. The Hall–Kier alpha value is -2.87. The van der Waals surface area contributed by atoms with Crippen molar-refractivity contribution < 1.29 is 13.2 Å². The molecular formula is C25H26ClN3O3S. The van der Waals surface area contributed by atoms with Gasteiger partial charge < -0.3 is 5.32 Å². The number of nitrogens with one attached hydrogen (secondary N) is 2. The van der Waals surface area contributed by atoms with Crippen molar-refractivity contribution in [3.63, 3.8) is 0 Å². The fourth-order valence-corrected chi connectivity index (χ4v) is 5.19. The number of carbonyl (C=O) groups is 1. The third kappa shape index (κ3) is 5.93. The van der Waals surface area contributed by atoms with Crippen LogP contribution in [0.2, 0.25) is 5.02 Å². The molecule has 0 radical (unpaired) electrons. The number of halogens is 1. The molecular weight excluding hydrogens is 458 g/mol. The largest absolute Gasteiger partial charge is 0.348 e. The van der Waals surface area contributed by atoms with E-state index in [1.807, 2.05) is 18.2 Å². The summed E-state index contributed by atoms with van der Waals surface area (Å²) in [6.45, 7) is 3.42. The molecule has 8 heteroatoms. The number of anilines is 1. The highest BCUT2D eigenvalue weighted by atomic mass is 35.5. The summed E-state index contributed by atoms with van der Waals surface area (Å²) < 4.78 is 27.7. The van der Waals surface area contributed by atoms with Gasteiger partial charge in [0.15, 0.2) is 0 Å². The number of benzene rings is 3. The fraction of sp³-hybridized carbons (Fsp3) is 0.240. The van der Waals surface area contributed by atoms with Crippen LogP contribution in [-0.4, -0.2) is 32.3 Å². The predicted octanol–water partition coefficient (Wildman–Crippen LogP) is 4.67. The van der Waals surface area contributed by atoms with E-state index in [4.69, 9.17) is 11.6 Å². The van der Waals surface area contributed by atoms with E-state index in [1.54, 1.807) is 18.2 Å². The molecule has 1 aliphatic rings. The first-order valence-corrected chi connectivity index (χ1v) is 12.7. The molecule has 0 spiro atoms. The molecule has 0 unspecified atom stereocenters. The molecule has 6 nitrogen and oxygen atoms in total. The van der Waals surface area contributed by atoms with Crippen molar-refractivity contribution >= 4 is 33.2 Å². The van der Waals surface area contributed by atoms with E-state index in [9.17, 15) is 13.2 Å². The van der Waals surface area contributed by atoms with Gasteiger partial charge in [-0.2, -0.15) is 0 Å². The van der Waals surface area contributed by atoms with Crippen molar-refractivity contribution in [3.8, 4) is 0 Å². The number of carbonyl (C=O) groups excluding carboxylic acids is 1. The second kappa shape index (κ2) is 10.4. The van der Waals surface area contributed by atoms with Gasteiger partial charge in [-0.15, -0.1) is 0 Å². The van der Waals surface area contributed by atoms with Gasteiger partial charge >= 0.3 is 0 Å². The number of likely N-dealkylation sites (tertiary alicyclic amines) is 1. The summed E-state index contributed by atoms with van der Waals surface area (Å²) in [4.78, 5) is 15.5. The van der Waals surface area contributed by atoms with Crippen LogP contribution in [0, 0.1) is 0 Å². The minimum absolute atomic E-state index is 0.139. The van der Waals surface area contributed by atoms with Gasteiger partial charge in [-0.1, -0.05) is 54.1 Å². The van der Waals surface area contributed by atoms with Crippen LogP contribution < -0.4 is 10.0 Å². The molecule has 4 rings (SSSR count). The van der Waals surface area contributed by atoms with Crippen molar-refractivity contribution in [3.05, 3.63) is 94.5 Å². The van der Waals surface area contributed by atoms with E-state index in [0.717, 1.165) is 25.2 Å². The number of sulfonamides is 1. The molecule has 33 heavy (non-hydrogen) atoms. The Morgan fingerprint density at radius 3 is 2.30 bits per heavy atom. The summed E-state index contributed by atoms with van der Waals surface area (Å²) in [5.41, 5.74) is 2.72. The maximum absolute atomic E-state index is 12.9. The van der Waals surface area contributed by atoms with Crippen LogP contribution in [0.1, 0.15) is 34.3 Å². The molecule has 0 atom stereocenters. The van der Waals surface area contributed by atoms with Gasteiger partial charge in [0.05, 0.1) is 15.5 Å². The maximum atomic E-state index is 12.9. The zero-order chi connectivity index (χ0) is 23.3. The van der Waals surface area contributed by atoms with E-state index in [2.05, 4.69) is 21.0 Å². The first kappa shape index (κ1) is 23.3. The Kier molecular flexibility index (Phi) is 7.33. The quantitative estimate of drug-likeness (QED) is 0.488. The number of hydrogen-bond acceptors (Lipinski definition) is 4. The van der Waals surface area contributed by atoms with E-state index >= 15 is 0 Å². The van der Waals surface area contributed by atoms with Gasteiger partial charge in [-0.25, -0.2) is 8.42 Å². The third-order valence-electron chi connectivity index (χ3n) is 5.67. The Morgan fingerprint density at radius 2 is 1.58 bits per heavy atom. The monoisotopic (exact) mass is 483 g/mol. The number of amides is 1. The number of rotatable bonds is 8. The Morgan fingerprint density at radius 1 is 0.909 bits per heavy atom. The van der Waals surface area contributed by atoms with Crippen molar-refractivity contribution in [1.29, 1.82) is 0 Å². The number of hydrogen-bond donors (Lipinski definition) is 2. The lowest BCUT2D eigenvalue weighted by molar-refractivity contribution is 0.0951. The van der Waals surface area contributed by atoms with Gasteiger partial charge in [-0.3, -0.25) is 14.4 Å². The molecule has 2 N–H and O–H groups in total. The Bertz CT molecular complexity index is 1230. The summed E-state index contributed by atoms with van der Waals surface area (Å²) in [5.74, 6) is -0.364. The molecule has 3 aromatic carbocycles. The summed E-state index contributed by atoms with van der Waals surface area (Å²) in [5, 5.41) is 3.17. The van der Waals surface area contributed by atoms with Crippen molar-refractivity contribution in [2.24, 2.45) is 0 Å². The summed E-state index contributed by atoms with van der Waals surface area (Å²) in [7, 11) is -3.77. The predicted molar refractivity (Wildman–Crippen MR) is 131 cm³/mol. The second-order valence-corrected chi connectivity index (χ2v) is 10.1. The Labute approximate surface area is 199 Å². The van der Waals surface area contributed by atoms with Crippen molar-refractivity contribution in [1.82, 2.24) is 10.2 Å². The van der Waals surface area contributed by atoms with E-state index in [1.165, 1.54) is 48.7 Å². The lowest BCUT2D eigenvalue weighted by Crippen LogP contribution is -2.25. The maximum Gasteiger partial charge on any atom is 0.261 e. The topological polar surface area (TPSA) is 78.5 Å². The molecule has 0 bridgehead atoms. The summed E-state index contributed by atoms with van der Waals surface area (Å²) in [6, 6.07) is 20.6. The van der Waals surface area contributed by atoms with E-state index < -0.39 is 10.0 Å². The summed E-state index contributed by atoms with van der Waals surface area (Å²) >= 11 is 6.26. The van der Waals surface area contributed by atoms with Crippen molar-refractivity contribution in [2.75, 3.05) is 17.8 Å². The van der Waals surface area contributed by atoms with E-state index in [-0.39, 0.29) is 27.1 Å². The lowest BCUT2D eigenvalue weighted by atomic mass is 10.1. The standard InChI is InChI=1S/C25H26ClN3O3S/c26-24-13-12-21(28-33(31,32)22-10-2-1-3-11-22)16-23(24)25(30)27-17-19-8-4-5-9-20(19)18-29-14-6-7-15-29/h1-5,8-13,16,28H,6-7,14-15,17-18H2,(H,27,30). The molecule has 1 fully saturated rings. The average molecular weight is 484 g/mol. The third-order valence-corrected chi connectivity index (χ3v) is 7.39. The molecule has 1 heterocycles. The molecule has 1 amide bonds. The zero-order valence-corrected chi connectivity index (χ0v) is 19.7. The zero-order valence-electron chi connectivity index (χ0n) is 18.1. The average Bonchev–Trinajstić information content (AvgIpc) is 3.33. The fourth-order valence-electron chi connectivity index (χ4n) is 3.91. The van der Waals surface area contributed by atoms with E-state index in [0.29, 0.717) is 6.54 Å². The second-order valence-electron chi connectivity index (χ2n) is 8.05. The first-order valence-electron chi connectivity index (χ1n) is 10.9. The highest BCUT2D eigenvalue weighted by Gasteiger charge is 2.18. The van der Waals surface area contributed by atoms with Crippen LogP contribution in [0.5, 0.6) is 0 Å². The molecule has 0 aliphatic carbocycles. The molecule has 1 aliphatic heterocycles. The highest BCUT2D eigenvalue weighted by Crippen LogP contribution is 2.23. The minimum atomic E-state index is -3.77. The Balaban J connectivity index is 1.46. The van der Waals surface area contributed by atoms with Gasteiger partial charge in [0.2, 0.25) is 0 Å². The van der Waals surface area contributed by atoms with Gasteiger partial charge in [0.25, 0.3) is 15.9 Å². The van der Waals surface area contributed by atoms with Gasteiger partial charge in [-0.05, 0) is 67.4 Å². The van der Waals surface area contributed by atoms with Crippen molar-refractivity contribution in [2.45, 2.75) is 30.8 Å². The summed E-state index contributed by atoms with van der Waals surface area (Å²) in [6.07, 6.45) is 2.45. The van der Waals surface area contributed by atoms with Crippen LogP contribution in [0.4, 0.5) is 5.69 Å². The highest BCUT2D eigenvalue weighted by molar-refractivity contribution is 7.92. The molecule has 0 saturated carbocycles. The van der Waals surface area contributed by atoms with Crippen LogP contribution >= 0.6 is 11.6 Å². The lowest BCUT2D eigenvalue weighted by Gasteiger charge is -2.18. The smallest absolute Gasteiger partial charge is 0.261 e. The normalized spacial score (nSPS) is 14.2. The molecule has 1 saturated heterocycles. The first-order chi connectivity index (χ1) is 15.9. The minimum Gasteiger partial charge on any atom is -0.348 e. The molecule has 0 aromatic heterocycles. The molecule has 3 aromatic rings. The number of nitrogens with zero attached hydrogens (tertiary/aromatic N) is 1.